The van der Waals surface area contributed by atoms with Crippen LogP contribution in [0.3, 0.4) is 0 Å². The number of anilines is 5. The van der Waals surface area contributed by atoms with Gasteiger partial charge in [-0.15, -0.1) is 0 Å². The van der Waals surface area contributed by atoms with Crippen molar-refractivity contribution in [2.24, 2.45) is 10.2 Å². The Bertz CT molecular complexity index is 1350. The highest BCUT2D eigenvalue weighted by Crippen LogP contribution is 2.32. The molecule has 0 aliphatic heterocycles. The quantitative estimate of drug-likeness (QED) is 0.220. The van der Waals surface area contributed by atoms with Crippen molar-refractivity contribution in [1.82, 2.24) is 24.9 Å². The fraction of sp³-hybridized carbons (Fsp3) is 0. The molecule has 0 fully saturated rings. The van der Waals surface area contributed by atoms with Crippen molar-refractivity contribution < 1.29 is 0 Å². The van der Waals surface area contributed by atoms with Gasteiger partial charge in [0.25, 0.3) is 0 Å². The van der Waals surface area contributed by atoms with Crippen LogP contribution in [0.15, 0.2) is 120 Å². The van der Waals surface area contributed by atoms with Crippen molar-refractivity contribution in [3.05, 3.63) is 121 Å². The molecule has 3 aromatic heterocycles. The lowest BCUT2D eigenvalue weighted by Gasteiger charge is -2.23. The third-order valence-corrected chi connectivity index (χ3v) is 4.98. The molecular formula is C27H22N10. The van der Waals surface area contributed by atoms with Crippen LogP contribution in [-0.2, 0) is 0 Å². The Morgan fingerprint density at radius 3 is 1.49 bits per heavy atom. The Balaban J connectivity index is 1.50. The molecule has 0 radical (unpaired) electrons. The normalized spacial score (nSPS) is 11.0. The van der Waals surface area contributed by atoms with Gasteiger partial charge in [0.2, 0.25) is 17.8 Å². The van der Waals surface area contributed by atoms with Gasteiger partial charge in [0, 0.05) is 47.3 Å². The van der Waals surface area contributed by atoms with Crippen molar-refractivity contribution in [3.63, 3.8) is 0 Å². The molecule has 2 aromatic carbocycles. The molecule has 10 heteroatoms. The van der Waals surface area contributed by atoms with E-state index in [0.717, 1.165) is 22.5 Å². The zero-order chi connectivity index (χ0) is 25.1. The lowest BCUT2D eigenvalue weighted by molar-refractivity contribution is 0.991. The van der Waals surface area contributed by atoms with Crippen molar-refractivity contribution >= 4 is 41.6 Å². The molecule has 0 aliphatic carbocycles. The third kappa shape index (κ3) is 6.34. The minimum absolute atomic E-state index is 0.237. The molecule has 5 rings (SSSR count). The standard InChI is InChI=1S/C27H22N10/c1-3-11-23(12-4-1)37(24-13-5-2-6-14-24)27-33-25(35-30-19-21-9-7-15-28-17-21)32-26(34-27)36-31-20-22-10-8-16-29-18-22/h1-20H,(H2,32,33,34,35,36). The van der Waals surface area contributed by atoms with Gasteiger partial charge >= 0.3 is 0 Å². The zero-order valence-electron chi connectivity index (χ0n) is 19.6. The van der Waals surface area contributed by atoms with Gasteiger partial charge in [-0.25, -0.2) is 10.9 Å². The van der Waals surface area contributed by atoms with Gasteiger partial charge in [-0.05, 0) is 36.4 Å². The van der Waals surface area contributed by atoms with E-state index < -0.39 is 0 Å². The first-order valence-electron chi connectivity index (χ1n) is 11.4. The summed E-state index contributed by atoms with van der Waals surface area (Å²) in [6.07, 6.45) is 10.1. The summed E-state index contributed by atoms with van der Waals surface area (Å²) in [5.41, 5.74) is 9.21. The largest absolute Gasteiger partial charge is 0.279 e. The predicted molar refractivity (Wildman–Crippen MR) is 145 cm³/mol. The van der Waals surface area contributed by atoms with E-state index in [1.165, 1.54) is 0 Å². The van der Waals surface area contributed by atoms with Crippen LogP contribution < -0.4 is 15.8 Å². The molecule has 37 heavy (non-hydrogen) atoms. The van der Waals surface area contributed by atoms with E-state index in [9.17, 15) is 0 Å². The Morgan fingerprint density at radius 2 is 1.05 bits per heavy atom. The summed E-state index contributed by atoms with van der Waals surface area (Å²) < 4.78 is 0. The van der Waals surface area contributed by atoms with E-state index in [2.05, 4.69) is 46.0 Å². The van der Waals surface area contributed by atoms with Crippen LogP contribution in [0, 0.1) is 0 Å². The first-order chi connectivity index (χ1) is 18.3. The molecule has 0 unspecified atom stereocenters. The van der Waals surface area contributed by atoms with E-state index in [1.807, 2.05) is 89.8 Å². The molecule has 0 bridgehead atoms. The minimum Gasteiger partial charge on any atom is -0.279 e. The first kappa shape index (κ1) is 23.2. The van der Waals surface area contributed by atoms with Gasteiger partial charge in [0.15, 0.2) is 0 Å². The zero-order valence-corrected chi connectivity index (χ0v) is 19.6. The van der Waals surface area contributed by atoms with Gasteiger partial charge in [-0.2, -0.15) is 25.2 Å². The molecule has 2 N–H and O–H groups in total. The fourth-order valence-electron chi connectivity index (χ4n) is 3.33. The Morgan fingerprint density at radius 1 is 0.568 bits per heavy atom. The Kier molecular flexibility index (Phi) is 7.39. The first-order valence-corrected chi connectivity index (χ1v) is 11.4. The van der Waals surface area contributed by atoms with E-state index >= 15 is 0 Å². The van der Waals surface area contributed by atoms with Crippen LogP contribution >= 0.6 is 0 Å². The number of para-hydroxylation sites is 2. The third-order valence-electron chi connectivity index (χ3n) is 4.98. The Labute approximate surface area is 213 Å². The van der Waals surface area contributed by atoms with Crippen LogP contribution in [0.25, 0.3) is 0 Å². The fourth-order valence-corrected chi connectivity index (χ4v) is 3.33. The van der Waals surface area contributed by atoms with E-state index in [1.54, 1.807) is 37.2 Å². The van der Waals surface area contributed by atoms with Gasteiger partial charge < -0.3 is 0 Å². The molecule has 0 aliphatic rings. The highest BCUT2D eigenvalue weighted by Gasteiger charge is 2.17. The van der Waals surface area contributed by atoms with Crippen molar-refractivity contribution in [3.8, 4) is 0 Å². The molecule has 0 saturated carbocycles. The Hall–Kier alpha value is -5.51. The van der Waals surface area contributed by atoms with Gasteiger partial charge in [-0.3, -0.25) is 14.9 Å². The number of pyridine rings is 2. The van der Waals surface area contributed by atoms with Crippen LogP contribution in [0.2, 0.25) is 0 Å². The summed E-state index contributed by atoms with van der Waals surface area (Å²) in [6.45, 7) is 0. The highest BCUT2D eigenvalue weighted by molar-refractivity contribution is 5.80. The molecule has 5 aromatic rings. The number of nitrogens with one attached hydrogen (secondary N) is 2. The van der Waals surface area contributed by atoms with Crippen LogP contribution in [0.4, 0.5) is 29.2 Å². The molecule has 10 nitrogen and oxygen atoms in total. The summed E-state index contributed by atoms with van der Waals surface area (Å²) in [6, 6.07) is 27.1. The summed E-state index contributed by atoms with van der Waals surface area (Å²) in [7, 11) is 0. The molecular weight excluding hydrogens is 464 g/mol. The maximum absolute atomic E-state index is 4.65. The maximum Gasteiger partial charge on any atom is 0.250 e. The van der Waals surface area contributed by atoms with Crippen LogP contribution in [0.5, 0.6) is 0 Å². The average Bonchev–Trinajstić information content (AvgIpc) is 2.96. The van der Waals surface area contributed by atoms with Gasteiger partial charge in [0.1, 0.15) is 0 Å². The van der Waals surface area contributed by atoms with Crippen LogP contribution in [0.1, 0.15) is 11.1 Å². The second kappa shape index (κ2) is 11.8. The number of hydrazone groups is 2. The van der Waals surface area contributed by atoms with Crippen molar-refractivity contribution in [1.29, 1.82) is 0 Å². The summed E-state index contributed by atoms with van der Waals surface area (Å²) in [4.78, 5) is 23.8. The van der Waals surface area contributed by atoms with Crippen molar-refractivity contribution in [2.45, 2.75) is 0 Å². The molecule has 0 amide bonds. The van der Waals surface area contributed by atoms with Gasteiger partial charge in [-0.1, -0.05) is 48.5 Å². The van der Waals surface area contributed by atoms with Crippen LogP contribution in [-0.4, -0.2) is 37.3 Å². The van der Waals surface area contributed by atoms with Crippen molar-refractivity contribution in [2.75, 3.05) is 15.8 Å². The predicted octanol–water partition coefficient (Wildman–Crippen LogP) is 5.02. The minimum atomic E-state index is 0.237. The molecule has 180 valence electrons. The second-order valence-electron chi connectivity index (χ2n) is 7.60. The average molecular weight is 487 g/mol. The topological polar surface area (TPSA) is 116 Å². The van der Waals surface area contributed by atoms with E-state index in [4.69, 9.17) is 0 Å². The molecule has 3 heterocycles. The highest BCUT2D eigenvalue weighted by atomic mass is 15.4. The molecule has 0 spiro atoms. The number of rotatable bonds is 9. The van der Waals surface area contributed by atoms with Gasteiger partial charge in [0.05, 0.1) is 12.4 Å². The number of hydrogen-bond donors (Lipinski definition) is 2. The van der Waals surface area contributed by atoms with E-state index in [0.29, 0.717) is 5.95 Å². The number of aromatic nitrogens is 5. The smallest absolute Gasteiger partial charge is 0.250 e. The second-order valence-corrected chi connectivity index (χ2v) is 7.60. The summed E-state index contributed by atoms with van der Waals surface area (Å²) in [5.74, 6) is 0.854. The maximum atomic E-state index is 4.65. The lowest BCUT2D eigenvalue weighted by atomic mass is 10.2. The lowest BCUT2D eigenvalue weighted by Crippen LogP contribution is -2.16. The molecule has 0 saturated heterocycles. The number of benzene rings is 2. The van der Waals surface area contributed by atoms with E-state index in [-0.39, 0.29) is 11.9 Å². The molecule has 0 atom stereocenters. The number of hydrogen-bond acceptors (Lipinski definition) is 10. The monoisotopic (exact) mass is 486 g/mol. The SMILES string of the molecule is C(=NNc1nc(NN=Cc2cccnc2)nc(N(c2ccccc2)c2ccccc2)n1)c1cccnc1. The summed E-state index contributed by atoms with van der Waals surface area (Å²) >= 11 is 0. The number of nitrogens with zero attached hydrogens (tertiary/aromatic N) is 8. The summed E-state index contributed by atoms with van der Waals surface area (Å²) in [5, 5.41) is 8.53.